The van der Waals surface area contributed by atoms with Crippen molar-refractivity contribution in [2.24, 2.45) is 11.8 Å². The molecule has 0 aromatic rings. The summed E-state index contributed by atoms with van der Waals surface area (Å²) in [6, 6.07) is 0. The first-order valence-corrected chi connectivity index (χ1v) is 6.79. The number of hydrogen-bond donors (Lipinski definition) is 2. The van der Waals surface area contributed by atoms with Crippen LogP contribution in [0.3, 0.4) is 0 Å². The van der Waals surface area contributed by atoms with E-state index < -0.39 is 13.8 Å². The van der Waals surface area contributed by atoms with E-state index in [9.17, 15) is 9.36 Å². The first-order valence-electron chi connectivity index (χ1n) is 4.99. The SMILES string of the molecule is CCC1CCC(C(=O)CP(=O)(O)O)C1. The predicted octanol–water partition coefficient (Wildman–Crippen LogP) is 1.56. The highest BCUT2D eigenvalue weighted by molar-refractivity contribution is 7.52. The highest BCUT2D eigenvalue weighted by Gasteiger charge is 2.31. The Labute approximate surface area is 83.9 Å². The van der Waals surface area contributed by atoms with Crippen LogP contribution in [0.4, 0.5) is 0 Å². The van der Waals surface area contributed by atoms with E-state index in [1.807, 2.05) is 0 Å². The third-order valence-corrected chi connectivity index (χ3v) is 3.66. The summed E-state index contributed by atoms with van der Waals surface area (Å²) in [7, 11) is -4.15. The predicted molar refractivity (Wildman–Crippen MR) is 53.0 cm³/mol. The number of carbonyl (C=O) groups is 1. The van der Waals surface area contributed by atoms with Gasteiger partial charge in [-0.05, 0) is 25.2 Å². The summed E-state index contributed by atoms with van der Waals surface area (Å²) < 4.78 is 10.6. The minimum atomic E-state index is -4.15. The van der Waals surface area contributed by atoms with Crippen molar-refractivity contribution in [3.63, 3.8) is 0 Å². The van der Waals surface area contributed by atoms with E-state index in [2.05, 4.69) is 6.92 Å². The van der Waals surface area contributed by atoms with Gasteiger partial charge in [-0.15, -0.1) is 0 Å². The second kappa shape index (κ2) is 4.56. The maximum absolute atomic E-state index is 11.4. The van der Waals surface area contributed by atoms with Crippen LogP contribution in [-0.2, 0) is 9.36 Å². The molecule has 1 aliphatic rings. The molecule has 2 atom stereocenters. The van der Waals surface area contributed by atoms with Crippen molar-refractivity contribution in [1.82, 2.24) is 0 Å². The van der Waals surface area contributed by atoms with Gasteiger partial charge in [-0.25, -0.2) is 0 Å². The fraction of sp³-hybridized carbons (Fsp3) is 0.889. The molecule has 4 nitrogen and oxygen atoms in total. The van der Waals surface area contributed by atoms with E-state index in [0.29, 0.717) is 5.92 Å². The molecule has 2 N–H and O–H groups in total. The van der Waals surface area contributed by atoms with E-state index in [4.69, 9.17) is 9.79 Å². The minimum absolute atomic E-state index is 0.104. The number of carbonyl (C=O) groups excluding carboxylic acids is 1. The molecule has 0 heterocycles. The van der Waals surface area contributed by atoms with E-state index in [1.165, 1.54) is 0 Å². The molecule has 1 saturated carbocycles. The van der Waals surface area contributed by atoms with Crippen LogP contribution in [0.1, 0.15) is 32.6 Å². The molecule has 0 bridgehead atoms. The van der Waals surface area contributed by atoms with Crippen molar-refractivity contribution in [1.29, 1.82) is 0 Å². The molecule has 0 radical (unpaired) electrons. The lowest BCUT2D eigenvalue weighted by atomic mass is 10.0. The number of rotatable bonds is 4. The first kappa shape index (κ1) is 11.9. The molecule has 0 aliphatic heterocycles. The van der Waals surface area contributed by atoms with Gasteiger partial charge in [0.15, 0.2) is 0 Å². The fourth-order valence-corrected chi connectivity index (χ4v) is 2.73. The van der Waals surface area contributed by atoms with Gasteiger partial charge in [0, 0.05) is 5.92 Å². The smallest absolute Gasteiger partial charge is 0.324 e. The third-order valence-electron chi connectivity index (χ3n) is 2.94. The van der Waals surface area contributed by atoms with Gasteiger partial charge >= 0.3 is 7.60 Å². The minimum Gasteiger partial charge on any atom is -0.324 e. The Kier molecular flexibility index (Phi) is 3.87. The van der Waals surface area contributed by atoms with Crippen molar-refractivity contribution >= 4 is 13.4 Å². The maximum atomic E-state index is 11.4. The number of hydrogen-bond acceptors (Lipinski definition) is 2. The van der Waals surface area contributed by atoms with Gasteiger partial charge in [0.2, 0.25) is 0 Å². The van der Waals surface area contributed by atoms with Crippen LogP contribution < -0.4 is 0 Å². The topological polar surface area (TPSA) is 74.6 Å². The lowest BCUT2D eigenvalue weighted by Gasteiger charge is -2.09. The van der Waals surface area contributed by atoms with Gasteiger partial charge in [0.25, 0.3) is 0 Å². The molecule has 5 heteroatoms. The molecule has 0 aromatic heterocycles. The molecule has 14 heavy (non-hydrogen) atoms. The van der Waals surface area contributed by atoms with Crippen molar-refractivity contribution in [2.75, 3.05) is 6.16 Å². The molecule has 2 unspecified atom stereocenters. The summed E-state index contributed by atoms with van der Waals surface area (Å²) in [5.41, 5.74) is 0. The van der Waals surface area contributed by atoms with Crippen LogP contribution in [0.25, 0.3) is 0 Å². The van der Waals surface area contributed by atoms with Crippen molar-refractivity contribution in [3.8, 4) is 0 Å². The molecule has 82 valence electrons. The lowest BCUT2D eigenvalue weighted by Crippen LogP contribution is -2.15. The fourth-order valence-electron chi connectivity index (χ4n) is 2.07. The van der Waals surface area contributed by atoms with Crippen LogP contribution in [-0.4, -0.2) is 21.7 Å². The monoisotopic (exact) mass is 220 g/mol. The van der Waals surface area contributed by atoms with E-state index in [0.717, 1.165) is 25.7 Å². The van der Waals surface area contributed by atoms with Gasteiger partial charge in [-0.1, -0.05) is 13.3 Å². The van der Waals surface area contributed by atoms with Gasteiger partial charge in [-0.2, -0.15) is 0 Å². The summed E-state index contributed by atoms with van der Waals surface area (Å²) >= 11 is 0. The van der Waals surface area contributed by atoms with E-state index in [1.54, 1.807) is 0 Å². The van der Waals surface area contributed by atoms with Crippen LogP contribution >= 0.6 is 7.60 Å². The molecule has 0 aromatic carbocycles. The van der Waals surface area contributed by atoms with Crippen molar-refractivity contribution in [2.45, 2.75) is 32.6 Å². The second-order valence-corrected chi connectivity index (χ2v) is 5.72. The Hall–Kier alpha value is -0.180. The molecule has 1 fully saturated rings. The number of Topliss-reactive ketones (excluding diaryl/α,β-unsaturated/α-hetero) is 1. The van der Waals surface area contributed by atoms with Gasteiger partial charge in [-0.3, -0.25) is 9.36 Å². The molecule has 1 rings (SSSR count). The lowest BCUT2D eigenvalue weighted by molar-refractivity contribution is -0.120. The average Bonchev–Trinajstić information content (AvgIpc) is 2.48. The van der Waals surface area contributed by atoms with Gasteiger partial charge in [0.1, 0.15) is 11.9 Å². The zero-order chi connectivity index (χ0) is 10.8. The molecule has 0 amide bonds. The Morgan fingerprint density at radius 3 is 2.50 bits per heavy atom. The quantitative estimate of drug-likeness (QED) is 0.705. The van der Waals surface area contributed by atoms with Crippen LogP contribution in [0, 0.1) is 11.8 Å². The largest absolute Gasteiger partial charge is 0.332 e. The van der Waals surface area contributed by atoms with Crippen molar-refractivity contribution in [3.05, 3.63) is 0 Å². The van der Waals surface area contributed by atoms with Gasteiger partial charge < -0.3 is 9.79 Å². The highest BCUT2D eigenvalue weighted by Crippen LogP contribution is 2.39. The third kappa shape index (κ3) is 3.52. The van der Waals surface area contributed by atoms with E-state index in [-0.39, 0.29) is 11.7 Å². The van der Waals surface area contributed by atoms with Gasteiger partial charge in [0.05, 0.1) is 0 Å². The highest BCUT2D eigenvalue weighted by atomic mass is 31.2. The molecular formula is C9H17O4P. The van der Waals surface area contributed by atoms with Crippen LogP contribution in [0.5, 0.6) is 0 Å². The molecule has 1 aliphatic carbocycles. The summed E-state index contributed by atoms with van der Waals surface area (Å²) in [6.45, 7) is 2.08. The van der Waals surface area contributed by atoms with E-state index >= 15 is 0 Å². The van der Waals surface area contributed by atoms with Crippen LogP contribution in [0.2, 0.25) is 0 Å². The number of ketones is 1. The summed E-state index contributed by atoms with van der Waals surface area (Å²) in [5.74, 6) is 0.211. The summed E-state index contributed by atoms with van der Waals surface area (Å²) in [6.07, 6.45) is 3.12. The van der Waals surface area contributed by atoms with Crippen molar-refractivity contribution < 1.29 is 19.1 Å². The second-order valence-electron chi connectivity index (χ2n) is 4.07. The Balaban J connectivity index is 2.44. The zero-order valence-electron chi connectivity index (χ0n) is 8.35. The Bertz CT molecular complexity index is 258. The molecule has 0 spiro atoms. The molecule has 0 saturated heterocycles. The normalized spacial score (nSPS) is 27.9. The molecular weight excluding hydrogens is 203 g/mol. The zero-order valence-corrected chi connectivity index (χ0v) is 9.24. The Morgan fingerprint density at radius 2 is 2.07 bits per heavy atom. The maximum Gasteiger partial charge on any atom is 0.332 e. The standard InChI is InChI=1S/C9H17O4P/c1-2-7-3-4-8(5-7)9(10)6-14(11,12)13/h7-8H,2-6H2,1H3,(H2,11,12,13). The Morgan fingerprint density at radius 1 is 1.43 bits per heavy atom. The summed E-state index contributed by atoms with van der Waals surface area (Å²) in [4.78, 5) is 28.8. The van der Waals surface area contributed by atoms with Crippen LogP contribution in [0.15, 0.2) is 0 Å². The summed E-state index contributed by atoms with van der Waals surface area (Å²) in [5, 5.41) is 0. The first-order chi connectivity index (χ1) is 6.42. The average molecular weight is 220 g/mol.